The molecule has 0 unspecified atom stereocenters. The van der Waals surface area contributed by atoms with Crippen molar-refractivity contribution in [2.24, 2.45) is 0 Å². The van der Waals surface area contributed by atoms with E-state index in [4.69, 9.17) is 0 Å². The highest BCUT2D eigenvalue weighted by Crippen LogP contribution is 2.31. The summed E-state index contributed by atoms with van der Waals surface area (Å²) in [6, 6.07) is 14.3. The molecule has 1 aromatic heterocycles. The molecule has 2 heterocycles. The van der Waals surface area contributed by atoms with Crippen LogP contribution >= 0.6 is 15.9 Å². The van der Waals surface area contributed by atoms with Crippen molar-refractivity contribution in [1.82, 2.24) is 15.2 Å². The maximum atomic E-state index is 13.6. The molecule has 3 N–H and O–H groups in total. The molecule has 174 valence electrons. The first-order valence-corrected chi connectivity index (χ1v) is 12.3. The molecular weight excluding hydrogens is 482 g/mol. The number of fused-ring (bicyclic) bond motifs is 1. The normalized spacial score (nSPS) is 14.7. The number of amides is 1. The minimum absolute atomic E-state index is 0.0833. The van der Waals surface area contributed by atoms with E-state index in [0.717, 1.165) is 46.9 Å². The summed E-state index contributed by atoms with van der Waals surface area (Å²) in [5.74, 6) is -0.715. The van der Waals surface area contributed by atoms with Crippen molar-refractivity contribution < 1.29 is 14.7 Å². The number of hydrogen-bond acceptors (Lipinski definition) is 3. The summed E-state index contributed by atoms with van der Waals surface area (Å²) >= 11 is 3.51. The van der Waals surface area contributed by atoms with Crippen LogP contribution in [0.5, 0.6) is 0 Å². The molecular formula is C26H30BrN3O3. The van der Waals surface area contributed by atoms with Gasteiger partial charge in [-0.2, -0.15) is 0 Å². The Hall–Kier alpha value is -2.64. The first kappa shape index (κ1) is 23.5. The van der Waals surface area contributed by atoms with Gasteiger partial charge in [0, 0.05) is 33.5 Å². The van der Waals surface area contributed by atoms with Crippen LogP contribution in [0, 0.1) is 0 Å². The lowest BCUT2D eigenvalue weighted by molar-refractivity contribution is -0.136. The van der Waals surface area contributed by atoms with Gasteiger partial charge in [0.05, 0.1) is 6.42 Å². The fourth-order valence-corrected chi connectivity index (χ4v) is 4.92. The van der Waals surface area contributed by atoms with Gasteiger partial charge in [0.2, 0.25) is 0 Å². The van der Waals surface area contributed by atoms with Crippen LogP contribution in [-0.4, -0.2) is 40.7 Å². The largest absolute Gasteiger partial charge is 0.481 e. The van der Waals surface area contributed by atoms with Crippen LogP contribution in [-0.2, 0) is 17.8 Å². The SMILES string of the molecule is CC(C)c1ccc(Cn2c(C(=O)NC3CCNCC3)c(CC(=O)O)c3cc(Br)ccc32)cc1. The number of carboxylic acids is 1. The van der Waals surface area contributed by atoms with Crippen LogP contribution in [0.15, 0.2) is 46.9 Å². The van der Waals surface area contributed by atoms with Gasteiger partial charge in [-0.05, 0) is 61.2 Å². The van der Waals surface area contributed by atoms with Gasteiger partial charge in [-0.1, -0.05) is 54.0 Å². The molecule has 0 aliphatic carbocycles. The zero-order valence-corrected chi connectivity index (χ0v) is 20.6. The van der Waals surface area contributed by atoms with E-state index in [1.165, 1.54) is 5.56 Å². The van der Waals surface area contributed by atoms with Crippen LogP contribution in [0.25, 0.3) is 10.9 Å². The summed E-state index contributed by atoms with van der Waals surface area (Å²) in [6.07, 6.45) is 1.52. The van der Waals surface area contributed by atoms with Gasteiger partial charge >= 0.3 is 5.97 Å². The second-order valence-corrected chi connectivity index (χ2v) is 9.95. The summed E-state index contributed by atoms with van der Waals surface area (Å²) < 4.78 is 2.83. The molecule has 0 radical (unpaired) electrons. The van der Waals surface area contributed by atoms with Crippen molar-refractivity contribution in [3.8, 4) is 0 Å². The Labute approximate surface area is 202 Å². The molecule has 2 aromatic carbocycles. The second kappa shape index (κ2) is 10.1. The highest BCUT2D eigenvalue weighted by atomic mass is 79.9. The van der Waals surface area contributed by atoms with Crippen molar-refractivity contribution in [3.63, 3.8) is 0 Å². The molecule has 33 heavy (non-hydrogen) atoms. The topological polar surface area (TPSA) is 83.4 Å². The van der Waals surface area contributed by atoms with Gasteiger partial charge in [-0.15, -0.1) is 0 Å². The second-order valence-electron chi connectivity index (χ2n) is 9.04. The van der Waals surface area contributed by atoms with Crippen molar-refractivity contribution >= 4 is 38.7 Å². The van der Waals surface area contributed by atoms with E-state index < -0.39 is 5.97 Å². The molecule has 1 fully saturated rings. The number of halogens is 1. The molecule has 7 heteroatoms. The highest BCUT2D eigenvalue weighted by molar-refractivity contribution is 9.10. The van der Waals surface area contributed by atoms with Crippen molar-refractivity contribution in [2.75, 3.05) is 13.1 Å². The Bertz CT molecular complexity index is 1160. The smallest absolute Gasteiger partial charge is 0.307 e. The molecule has 1 saturated heterocycles. The average Bonchev–Trinajstić information content (AvgIpc) is 3.06. The molecule has 3 aromatic rings. The summed E-state index contributed by atoms with van der Waals surface area (Å²) in [4.78, 5) is 25.3. The van der Waals surface area contributed by atoms with Gasteiger partial charge in [0.1, 0.15) is 5.69 Å². The Kier molecular flexibility index (Phi) is 7.20. The van der Waals surface area contributed by atoms with E-state index in [2.05, 4.69) is 64.7 Å². The molecule has 0 spiro atoms. The Morgan fingerprint density at radius 3 is 2.48 bits per heavy atom. The standard InChI is InChI=1S/C26H30BrN3O3/c1-16(2)18-5-3-17(4-6-18)15-30-23-8-7-19(27)13-21(23)22(14-24(31)32)25(30)26(33)29-20-9-11-28-12-10-20/h3-8,13,16,20,28H,9-12,14-15H2,1-2H3,(H,29,33)(H,31,32). The number of aromatic nitrogens is 1. The number of nitrogens with one attached hydrogen (secondary N) is 2. The third-order valence-corrected chi connectivity index (χ3v) is 6.83. The van der Waals surface area contributed by atoms with E-state index >= 15 is 0 Å². The van der Waals surface area contributed by atoms with Crippen LogP contribution in [0.4, 0.5) is 0 Å². The van der Waals surface area contributed by atoms with E-state index in [-0.39, 0.29) is 18.4 Å². The summed E-state index contributed by atoms with van der Waals surface area (Å²) in [6.45, 7) is 6.54. The molecule has 0 bridgehead atoms. The number of nitrogens with zero attached hydrogens (tertiary/aromatic N) is 1. The fourth-order valence-electron chi connectivity index (χ4n) is 4.56. The number of aliphatic carboxylic acids is 1. The maximum absolute atomic E-state index is 13.6. The number of rotatable bonds is 7. The summed E-state index contributed by atoms with van der Waals surface area (Å²) in [5.41, 5.74) is 4.19. The first-order valence-electron chi connectivity index (χ1n) is 11.5. The van der Waals surface area contributed by atoms with Gasteiger partial charge < -0.3 is 20.3 Å². The molecule has 0 atom stereocenters. The Balaban J connectivity index is 1.80. The number of piperidine rings is 1. The van der Waals surface area contributed by atoms with Crippen LogP contribution in [0.1, 0.15) is 59.8 Å². The first-order chi connectivity index (χ1) is 15.8. The molecule has 1 aliphatic rings. The zero-order chi connectivity index (χ0) is 23.5. The molecule has 1 amide bonds. The fraction of sp³-hybridized carbons (Fsp3) is 0.385. The van der Waals surface area contributed by atoms with E-state index in [0.29, 0.717) is 23.7 Å². The number of carbonyl (C=O) groups excluding carboxylic acids is 1. The van der Waals surface area contributed by atoms with Crippen LogP contribution < -0.4 is 10.6 Å². The number of carboxylic acid groups (broad SMARTS) is 1. The van der Waals surface area contributed by atoms with Crippen LogP contribution in [0.2, 0.25) is 0 Å². The maximum Gasteiger partial charge on any atom is 0.307 e. The minimum atomic E-state index is -0.953. The van der Waals surface area contributed by atoms with Crippen molar-refractivity contribution in [2.45, 2.75) is 51.6 Å². The number of carbonyl (C=O) groups is 2. The van der Waals surface area contributed by atoms with Gasteiger partial charge in [0.25, 0.3) is 5.91 Å². The summed E-state index contributed by atoms with van der Waals surface area (Å²) in [7, 11) is 0. The molecule has 6 nitrogen and oxygen atoms in total. The monoisotopic (exact) mass is 511 g/mol. The zero-order valence-electron chi connectivity index (χ0n) is 19.0. The molecule has 4 rings (SSSR count). The van der Waals surface area contributed by atoms with E-state index in [1.807, 2.05) is 22.8 Å². The number of hydrogen-bond donors (Lipinski definition) is 3. The van der Waals surface area contributed by atoms with Crippen LogP contribution in [0.3, 0.4) is 0 Å². The van der Waals surface area contributed by atoms with Gasteiger partial charge in [-0.3, -0.25) is 9.59 Å². The average molecular weight is 512 g/mol. The Morgan fingerprint density at radius 1 is 1.15 bits per heavy atom. The Morgan fingerprint density at radius 2 is 1.85 bits per heavy atom. The third-order valence-electron chi connectivity index (χ3n) is 6.33. The lowest BCUT2D eigenvalue weighted by Crippen LogP contribution is -2.43. The number of benzene rings is 2. The van der Waals surface area contributed by atoms with E-state index in [9.17, 15) is 14.7 Å². The lowest BCUT2D eigenvalue weighted by Gasteiger charge is -2.24. The van der Waals surface area contributed by atoms with E-state index in [1.54, 1.807) is 0 Å². The molecule has 0 saturated carbocycles. The predicted molar refractivity (Wildman–Crippen MR) is 134 cm³/mol. The van der Waals surface area contributed by atoms with Gasteiger partial charge in [-0.25, -0.2) is 0 Å². The minimum Gasteiger partial charge on any atom is -0.481 e. The van der Waals surface area contributed by atoms with Gasteiger partial charge in [0.15, 0.2) is 0 Å². The predicted octanol–water partition coefficient (Wildman–Crippen LogP) is 4.68. The quantitative estimate of drug-likeness (QED) is 0.429. The molecule has 1 aliphatic heterocycles. The van der Waals surface area contributed by atoms with Crippen molar-refractivity contribution in [1.29, 1.82) is 0 Å². The lowest BCUT2D eigenvalue weighted by atomic mass is 10.0. The highest BCUT2D eigenvalue weighted by Gasteiger charge is 2.26. The summed E-state index contributed by atoms with van der Waals surface area (Å²) in [5, 5.41) is 16.9. The van der Waals surface area contributed by atoms with Crippen molar-refractivity contribution in [3.05, 3.63) is 69.3 Å². The third kappa shape index (κ3) is 5.31.